The van der Waals surface area contributed by atoms with Crippen LogP contribution < -0.4 is 60.2 Å². The van der Waals surface area contributed by atoms with E-state index in [1.54, 1.807) is 13.2 Å². The number of benzene rings is 1. The maximum atomic E-state index is 14.0. The molecule has 20 N–H and O–H groups in total. The number of phenols is 1. The van der Waals surface area contributed by atoms with Crippen LogP contribution in [-0.2, 0) is 59.2 Å². The molecule has 0 saturated carbocycles. The summed E-state index contributed by atoms with van der Waals surface area (Å²) in [5.74, 6) is -13.3. The molecule has 0 unspecified atom stereocenters. The summed E-state index contributed by atoms with van der Waals surface area (Å²) in [6.45, 7) is 2.14. The van der Waals surface area contributed by atoms with Crippen molar-refractivity contribution in [3.63, 3.8) is 0 Å². The molecule has 1 aromatic carbocycles. The second-order valence-electron chi connectivity index (χ2n) is 16.5. The third-order valence-electron chi connectivity index (χ3n) is 10.7. The van der Waals surface area contributed by atoms with Crippen LogP contribution in [0.25, 0.3) is 0 Å². The molecule has 0 bridgehead atoms. The number of rotatable bonds is 35. The number of primary amides is 1. The Morgan fingerprint density at radius 2 is 1.11 bits per heavy atom. The van der Waals surface area contributed by atoms with Gasteiger partial charge in [-0.15, -0.1) is 0 Å². The molecule has 402 valence electrons. The largest absolute Gasteiger partial charge is 0.508 e. The summed E-state index contributed by atoms with van der Waals surface area (Å²) in [5, 5.41) is 64.8. The first-order valence-corrected chi connectivity index (χ1v) is 24.0. The van der Waals surface area contributed by atoms with Gasteiger partial charge in [-0.25, -0.2) is 4.79 Å². The molecule has 8 amide bonds. The van der Waals surface area contributed by atoms with Crippen molar-refractivity contribution in [1.29, 1.82) is 0 Å². The predicted molar refractivity (Wildman–Crippen MR) is 258 cm³/mol. The summed E-state index contributed by atoms with van der Waals surface area (Å²) in [5.41, 5.74) is 22.0. The number of aliphatic carboxylic acids is 3. The van der Waals surface area contributed by atoms with Crippen molar-refractivity contribution >= 4 is 82.9 Å². The zero-order chi connectivity index (χ0) is 54.7. The molecule has 9 atom stereocenters. The van der Waals surface area contributed by atoms with Crippen molar-refractivity contribution in [2.24, 2.45) is 33.8 Å². The number of nitrogens with zero attached hydrogens (tertiary/aromatic N) is 1. The lowest BCUT2D eigenvalue weighted by molar-refractivity contribution is -0.142. The Kier molecular flexibility index (Phi) is 28.4. The van der Waals surface area contributed by atoms with Crippen molar-refractivity contribution in [3.05, 3.63) is 29.8 Å². The Bertz CT molecular complexity index is 2080. The van der Waals surface area contributed by atoms with E-state index in [0.717, 1.165) is 0 Å². The van der Waals surface area contributed by atoms with Gasteiger partial charge in [0.25, 0.3) is 0 Å². The highest BCUT2D eigenvalue weighted by atomic mass is 32.2. The molecule has 0 heterocycles. The summed E-state index contributed by atoms with van der Waals surface area (Å²) in [7, 11) is 0. The van der Waals surface area contributed by atoms with Crippen LogP contribution in [0.15, 0.2) is 29.3 Å². The number of aromatic hydroxyl groups is 1. The molecule has 1 rings (SSSR count). The van der Waals surface area contributed by atoms with Crippen molar-refractivity contribution in [3.8, 4) is 5.75 Å². The van der Waals surface area contributed by atoms with Gasteiger partial charge in [-0.1, -0.05) is 32.4 Å². The molecule has 0 aliphatic heterocycles. The number of carbonyl (C=O) groups excluding carboxylic acids is 8. The normalized spacial score (nSPS) is 14.6. The maximum Gasteiger partial charge on any atom is 0.326 e. The molecule has 0 fully saturated rings. The molecule has 0 aliphatic carbocycles. The molecule has 72 heavy (non-hydrogen) atoms. The Hall–Kier alpha value is -7.27. The van der Waals surface area contributed by atoms with Crippen molar-refractivity contribution in [2.45, 2.75) is 126 Å². The molecule has 0 aliphatic rings. The Morgan fingerprint density at radius 3 is 1.61 bits per heavy atom. The summed E-state index contributed by atoms with van der Waals surface area (Å²) in [6, 6.07) is -7.27. The van der Waals surface area contributed by atoms with E-state index in [2.05, 4.69) is 42.2 Å². The van der Waals surface area contributed by atoms with Crippen molar-refractivity contribution in [2.75, 3.05) is 25.2 Å². The first-order chi connectivity index (χ1) is 33.8. The second kappa shape index (κ2) is 32.6. The summed E-state index contributed by atoms with van der Waals surface area (Å²) in [4.78, 5) is 146. The molecular formula is C43H68N12O16S. The number of thioether (sulfide) groups is 1. The number of nitrogens with two attached hydrogens (primary N) is 4. The molecule has 29 heteroatoms. The number of phenolic OH excluding ortho intramolecular Hbond substituents is 1. The van der Waals surface area contributed by atoms with E-state index in [4.69, 9.17) is 28.0 Å². The Balaban J connectivity index is 3.44. The highest BCUT2D eigenvalue weighted by Crippen LogP contribution is 2.14. The van der Waals surface area contributed by atoms with Crippen LogP contribution in [0.1, 0.15) is 77.2 Å². The van der Waals surface area contributed by atoms with Gasteiger partial charge in [-0.05, 0) is 67.7 Å². The third kappa shape index (κ3) is 24.0. The summed E-state index contributed by atoms with van der Waals surface area (Å²) < 4.78 is 0. The molecular weight excluding hydrogens is 973 g/mol. The topological polar surface area (TPSA) is 490 Å². The quantitative estimate of drug-likeness (QED) is 0.0172. The van der Waals surface area contributed by atoms with Gasteiger partial charge in [0.1, 0.15) is 48.0 Å². The van der Waals surface area contributed by atoms with Crippen LogP contribution in [0.2, 0.25) is 0 Å². The number of aliphatic hydroxyl groups is 1. The number of aliphatic hydroxyl groups excluding tert-OH is 1. The molecule has 0 aromatic heterocycles. The molecule has 0 saturated heterocycles. The smallest absolute Gasteiger partial charge is 0.326 e. The number of amides is 8. The highest BCUT2D eigenvalue weighted by Gasteiger charge is 2.36. The van der Waals surface area contributed by atoms with Crippen LogP contribution in [-0.4, -0.2) is 170 Å². The number of hydrogen-bond acceptors (Lipinski definition) is 16. The minimum absolute atomic E-state index is 0.0241. The summed E-state index contributed by atoms with van der Waals surface area (Å²) >= 11 is 1.29. The number of carboxylic acids is 3. The van der Waals surface area contributed by atoms with E-state index < -0.39 is 158 Å². The van der Waals surface area contributed by atoms with Gasteiger partial charge in [0.2, 0.25) is 47.3 Å². The van der Waals surface area contributed by atoms with Gasteiger partial charge < -0.3 is 85.7 Å². The number of carbonyl (C=O) groups is 11. The maximum absolute atomic E-state index is 14.0. The number of carboxylic acid groups (broad SMARTS) is 3. The zero-order valence-electron chi connectivity index (χ0n) is 40.1. The third-order valence-corrected chi connectivity index (χ3v) is 11.4. The average molecular weight is 1040 g/mol. The van der Waals surface area contributed by atoms with Gasteiger partial charge in [-0.3, -0.25) is 52.9 Å². The predicted octanol–water partition coefficient (Wildman–Crippen LogP) is -4.81. The van der Waals surface area contributed by atoms with Gasteiger partial charge in [-0.2, -0.15) is 11.8 Å². The number of hydrogen-bond donors (Lipinski definition) is 16. The Morgan fingerprint density at radius 1 is 0.625 bits per heavy atom. The van der Waals surface area contributed by atoms with Crippen LogP contribution in [0.3, 0.4) is 0 Å². The van der Waals surface area contributed by atoms with E-state index in [-0.39, 0.29) is 50.4 Å². The van der Waals surface area contributed by atoms with Gasteiger partial charge in [0, 0.05) is 25.8 Å². The van der Waals surface area contributed by atoms with E-state index in [0.29, 0.717) is 11.3 Å². The molecule has 28 nitrogen and oxygen atoms in total. The van der Waals surface area contributed by atoms with Crippen molar-refractivity contribution < 1.29 is 78.3 Å². The molecule has 0 spiro atoms. The number of nitrogens with one attached hydrogen (secondary N) is 7. The van der Waals surface area contributed by atoms with Crippen LogP contribution in [0.5, 0.6) is 5.75 Å². The minimum Gasteiger partial charge on any atom is -0.508 e. The van der Waals surface area contributed by atoms with Crippen LogP contribution in [0, 0.1) is 5.92 Å². The average Bonchev–Trinajstić information content (AvgIpc) is 3.31. The monoisotopic (exact) mass is 1040 g/mol. The lowest BCUT2D eigenvalue weighted by atomic mass is 9.96. The lowest BCUT2D eigenvalue weighted by Crippen LogP contribution is -2.61. The SMILES string of the molecule is CC[C@H](C)[C@H](NC(=O)[C@H](CCC(N)=O)NC(=O)[C@H](CO)NC(=O)[C@H](Cc1ccc(O)cc1)NC(=O)[C@@H](N)CC(=O)O)C(=O)N[C@@H](CCC(=O)O)C(=O)N[C@@H](CCSC)C(=O)N[C@@H](CCCN=C(N)N)C(=O)O. The Labute approximate surface area is 418 Å². The molecule has 0 radical (unpaired) electrons. The van der Waals surface area contributed by atoms with E-state index in [9.17, 15) is 73.2 Å². The first-order valence-electron chi connectivity index (χ1n) is 22.6. The van der Waals surface area contributed by atoms with Gasteiger partial charge in [0.15, 0.2) is 5.96 Å². The fourth-order valence-electron chi connectivity index (χ4n) is 6.49. The van der Waals surface area contributed by atoms with E-state index >= 15 is 0 Å². The first kappa shape index (κ1) is 62.7. The lowest BCUT2D eigenvalue weighted by Gasteiger charge is -2.29. The second-order valence-corrected chi connectivity index (χ2v) is 17.5. The van der Waals surface area contributed by atoms with Crippen LogP contribution in [0.4, 0.5) is 0 Å². The standard InChI is InChI=1S/C43H68N12O16S/c1-4-21(2)34(41(69)51-26(12-14-32(59)60)36(64)50-27(15-17-72-3)37(65)52-28(42(70)71)6-5-16-48-43(46)47)55-38(66)25(11-13-31(45)58)49-40(68)30(20-56)54-39(67)29(18-22-7-9-23(57)10-8-22)53-35(63)24(44)19-33(61)62/h7-10,21,24-30,34,56-57H,4-6,11-20,44H2,1-3H3,(H2,45,58)(H,49,68)(H,50,64)(H,51,69)(H,52,65)(H,53,63)(H,54,67)(H,55,66)(H,59,60)(H,61,62)(H,70,71)(H4,46,47,48)/t21-,24-,25-,26-,27-,28-,29-,30-,34-/m0/s1. The summed E-state index contributed by atoms with van der Waals surface area (Å²) in [6.07, 6.45) is -1.32. The fraction of sp³-hybridized carbons (Fsp3) is 0.581. The van der Waals surface area contributed by atoms with E-state index in [1.807, 2.05) is 0 Å². The minimum atomic E-state index is -1.84. The zero-order valence-corrected chi connectivity index (χ0v) is 40.9. The molecule has 1 aromatic rings. The highest BCUT2D eigenvalue weighted by molar-refractivity contribution is 7.98. The van der Waals surface area contributed by atoms with Gasteiger partial charge in [0.05, 0.1) is 19.1 Å². The van der Waals surface area contributed by atoms with Crippen LogP contribution >= 0.6 is 11.8 Å². The van der Waals surface area contributed by atoms with E-state index in [1.165, 1.54) is 43.0 Å². The van der Waals surface area contributed by atoms with Crippen molar-refractivity contribution in [1.82, 2.24) is 37.2 Å². The van der Waals surface area contributed by atoms with Gasteiger partial charge >= 0.3 is 17.9 Å². The number of guanidine groups is 1. The number of aliphatic imine (C=N–C) groups is 1. The fourth-order valence-corrected chi connectivity index (χ4v) is 6.97.